The number of para-hydroxylation sites is 1. The van der Waals surface area contributed by atoms with Crippen molar-refractivity contribution in [2.24, 2.45) is 5.73 Å². The van der Waals surface area contributed by atoms with Crippen molar-refractivity contribution >= 4 is 22.9 Å². The van der Waals surface area contributed by atoms with Crippen LogP contribution in [-0.2, 0) is 29.1 Å². The van der Waals surface area contributed by atoms with Crippen molar-refractivity contribution < 1.29 is 28.6 Å². The summed E-state index contributed by atoms with van der Waals surface area (Å²) in [6.07, 6.45) is -0.138. The molecule has 0 saturated heterocycles. The average Bonchev–Trinajstić information content (AvgIpc) is 3.25. The molecule has 3 aromatic carbocycles. The Hall–Kier alpha value is -4.10. The third-order valence-corrected chi connectivity index (χ3v) is 5.25. The average molecular weight is 445 g/mol. The Morgan fingerprint density at radius 2 is 1.85 bits per heavy atom. The molecule has 0 amide bonds. The van der Waals surface area contributed by atoms with Gasteiger partial charge >= 0.3 is 11.9 Å². The summed E-state index contributed by atoms with van der Waals surface area (Å²) < 4.78 is 16.9. The van der Waals surface area contributed by atoms with Crippen LogP contribution in [0, 0.1) is 0 Å². The molecule has 0 fully saturated rings. The molecule has 0 atom stereocenters. The van der Waals surface area contributed by atoms with Gasteiger partial charge in [0.15, 0.2) is 0 Å². The molecule has 1 aromatic heterocycles. The highest BCUT2D eigenvalue weighted by molar-refractivity contribution is 6.01. The maximum absolute atomic E-state index is 12.3. The van der Waals surface area contributed by atoms with Crippen molar-refractivity contribution in [2.75, 3.05) is 7.11 Å². The number of carboxylic acid groups (broad SMARTS) is 1. The molecular weight excluding hydrogens is 422 g/mol. The number of carbonyl (C=O) groups is 2. The van der Waals surface area contributed by atoms with Gasteiger partial charge in [-0.3, -0.25) is 4.79 Å². The minimum Gasteiger partial charge on any atom is -0.485 e. The highest BCUT2D eigenvalue weighted by atomic mass is 16.5. The number of aliphatic carboxylic acids is 1. The fraction of sp³-hybridized carbons (Fsp3) is 0.154. The molecule has 4 aromatic rings. The maximum Gasteiger partial charge on any atom is 0.337 e. The van der Waals surface area contributed by atoms with Crippen molar-refractivity contribution in [3.8, 4) is 16.9 Å². The Balaban J connectivity index is 1.72. The number of carbonyl (C=O) groups excluding carboxylic acids is 1. The van der Waals surface area contributed by atoms with Crippen molar-refractivity contribution in [1.82, 2.24) is 0 Å². The minimum absolute atomic E-state index is 0.0984. The lowest BCUT2D eigenvalue weighted by atomic mass is 9.99. The van der Waals surface area contributed by atoms with Crippen LogP contribution in [0.15, 0.2) is 71.1 Å². The van der Waals surface area contributed by atoms with E-state index in [0.29, 0.717) is 34.8 Å². The standard InChI is InChI=1S/C26H23NO6/c1-31-26(30)20-10-19-11-21(15-32-23-8-3-2-6-18(23)13-24(28)29)33-25(19)22(12-20)17-7-4-5-16(9-17)14-27/h2-12H,13-15,27H2,1H3,(H,28,29). The molecule has 0 aliphatic heterocycles. The van der Waals surface area contributed by atoms with Crippen LogP contribution >= 0.6 is 0 Å². The second-order valence-corrected chi connectivity index (χ2v) is 7.52. The summed E-state index contributed by atoms with van der Waals surface area (Å²) in [7, 11) is 1.34. The number of hydrogen-bond donors (Lipinski definition) is 2. The van der Waals surface area contributed by atoms with Gasteiger partial charge in [0.05, 0.1) is 19.1 Å². The van der Waals surface area contributed by atoms with Crippen molar-refractivity contribution in [3.63, 3.8) is 0 Å². The highest BCUT2D eigenvalue weighted by Crippen LogP contribution is 2.34. The highest BCUT2D eigenvalue weighted by Gasteiger charge is 2.17. The van der Waals surface area contributed by atoms with Crippen molar-refractivity contribution in [2.45, 2.75) is 19.6 Å². The van der Waals surface area contributed by atoms with Crippen LogP contribution in [0.5, 0.6) is 5.75 Å². The number of methoxy groups -OCH3 is 1. The first kappa shape index (κ1) is 22.1. The first-order chi connectivity index (χ1) is 16.0. The Labute approximate surface area is 190 Å². The Morgan fingerprint density at radius 1 is 1.03 bits per heavy atom. The third-order valence-electron chi connectivity index (χ3n) is 5.25. The number of carboxylic acids is 1. The monoisotopic (exact) mass is 445 g/mol. The summed E-state index contributed by atoms with van der Waals surface area (Å²) >= 11 is 0. The number of hydrogen-bond acceptors (Lipinski definition) is 6. The van der Waals surface area contributed by atoms with E-state index in [4.69, 9.17) is 24.7 Å². The van der Waals surface area contributed by atoms with Crippen LogP contribution in [0.25, 0.3) is 22.1 Å². The Bertz CT molecular complexity index is 1320. The third kappa shape index (κ3) is 4.88. The Kier molecular flexibility index (Phi) is 6.42. The van der Waals surface area contributed by atoms with Gasteiger partial charge in [-0.15, -0.1) is 0 Å². The summed E-state index contributed by atoms with van der Waals surface area (Å²) in [6, 6.07) is 20.0. The van der Waals surface area contributed by atoms with Crippen LogP contribution in [0.2, 0.25) is 0 Å². The number of benzene rings is 3. The number of nitrogens with two attached hydrogens (primary N) is 1. The Morgan fingerprint density at radius 3 is 2.61 bits per heavy atom. The molecular formula is C26H23NO6. The van der Waals surface area contributed by atoms with E-state index in [2.05, 4.69) is 0 Å². The molecule has 7 nitrogen and oxygen atoms in total. The second-order valence-electron chi connectivity index (χ2n) is 7.52. The van der Waals surface area contributed by atoms with Gasteiger partial charge in [0, 0.05) is 23.1 Å². The smallest absolute Gasteiger partial charge is 0.337 e. The summed E-state index contributed by atoms with van der Waals surface area (Å²) in [5, 5.41) is 9.84. The molecule has 0 saturated carbocycles. The molecule has 0 bridgehead atoms. The maximum atomic E-state index is 12.3. The SMILES string of the molecule is COC(=O)c1cc(-c2cccc(CN)c2)c2oc(COc3ccccc3CC(=O)O)cc2c1. The predicted molar refractivity (Wildman–Crippen MR) is 123 cm³/mol. The molecule has 0 aliphatic carbocycles. The van der Waals surface area contributed by atoms with E-state index in [1.807, 2.05) is 24.3 Å². The van der Waals surface area contributed by atoms with E-state index in [-0.39, 0.29) is 13.0 Å². The van der Waals surface area contributed by atoms with Crippen LogP contribution in [-0.4, -0.2) is 24.2 Å². The number of furan rings is 1. The van der Waals surface area contributed by atoms with Gasteiger partial charge in [-0.2, -0.15) is 0 Å². The zero-order valence-electron chi connectivity index (χ0n) is 18.0. The normalized spacial score (nSPS) is 10.8. The number of rotatable bonds is 8. The van der Waals surface area contributed by atoms with E-state index in [0.717, 1.165) is 22.1 Å². The topological polar surface area (TPSA) is 112 Å². The quantitative estimate of drug-likeness (QED) is 0.383. The number of ether oxygens (including phenoxy) is 2. The van der Waals surface area contributed by atoms with Gasteiger partial charge in [-0.1, -0.05) is 36.4 Å². The molecule has 33 heavy (non-hydrogen) atoms. The van der Waals surface area contributed by atoms with Crippen LogP contribution in [0.1, 0.15) is 27.2 Å². The second kappa shape index (κ2) is 9.58. The van der Waals surface area contributed by atoms with Crippen molar-refractivity contribution in [3.05, 3.63) is 89.2 Å². The van der Waals surface area contributed by atoms with Crippen molar-refractivity contribution in [1.29, 1.82) is 0 Å². The van der Waals surface area contributed by atoms with Gasteiger partial charge < -0.3 is 24.7 Å². The van der Waals surface area contributed by atoms with Crippen LogP contribution < -0.4 is 10.5 Å². The largest absolute Gasteiger partial charge is 0.485 e. The van der Waals surface area contributed by atoms with E-state index in [1.165, 1.54) is 7.11 Å². The minimum atomic E-state index is -0.936. The molecule has 0 aliphatic rings. The molecule has 4 rings (SSSR count). The van der Waals surface area contributed by atoms with E-state index in [1.54, 1.807) is 42.5 Å². The molecule has 1 heterocycles. The lowest BCUT2D eigenvalue weighted by Gasteiger charge is -2.09. The predicted octanol–water partition coefficient (Wildman–Crippen LogP) is 4.55. The summed E-state index contributed by atoms with van der Waals surface area (Å²) in [5.41, 5.74) is 9.94. The van der Waals surface area contributed by atoms with Gasteiger partial charge in [-0.05, 0) is 41.5 Å². The summed E-state index contributed by atoms with van der Waals surface area (Å²) in [6.45, 7) is 0.488. The van der Waals surface area contributed by atoms with E-state index >= 15 is 0 Å². The molecule has 0 spiro atoms. The first-order valence-corrected chi connectivity index (χ1v) is 10.3. The van der Waals surface area contributed by atoms with Crippen LogP contribution in [0.3, 0.4) is 0 Å². The number of fused-ring (bicyclic) bond motifs is 1. The van der Waals surface area contributed by atoms with Gasteiger partial charge in [-0.25, -0.2) is 4.79 Å². The molecule has 168 valence electrons. The molecule has 7 heteroatoms. The summed E-state index contributed by atoms with van der Waals surface area (Å²) in [5.74, 6) is -0.371. The van der Waals surface area contributed by atoms with E-state index in [9.17, 15) is 9.59 Å². The zero-order chi connectivity index (χ0) is 23.4. The summed E-state index contributed by atoms with van der Waals surface area (Å²) in [4.78, 5) is 23.4. The van der Waals surface area contributed by atoms with E-state index < -0.39 is 11.9 Å². The fourth-order valence-corrected chi connectivity index (χ4v) is 3.70. The van der Waals surface area contributed by atoms with Crippen LogP contribution in [0.4, 0.5) is 0 Å². The molecule has 3 N–H and O–H groups in total. The van der Waals surface area contributed by atoms with Gasteiger partial charge in [0.2, 0.25) is 0 Å². The lowest BCUT2D eigenvalue weighted by Crippen LogP contribution is -2.03. The molecule has 0 unspecified atom stereocenters. The van der Waals surface area contributed by atoms with Gasteiger partial charge in [0.1, 0.15) is 23.7 Å². The molecule has 0 radical (unpaired) electrons. The number of esters is 1. The first-order valence-electron chi connectivity index (χ1n) is 10.3. The lowest BCUT2D eigenvalue weighted by molar-refractivity contribution is -0.136. The zero-order valence-corrected chi connectivity index (χ0v) is 18.0. The van der Waals surface area contributed by atoms with Gasteiger partial charge in [0.25, 0.3) is 0 Å². The fourth-order valence-electron chi connectivity index (χ4n) is 3.70.